The van der Waals surface area contributed by atoms with Gasteiger partial charge in [0.05, 0.1) is 30.1 Å². The summed E-state index contributed by atoms with van der Waals surface area (Å²) in [5, 5.41) is 3.31. The topological polar surface area (TPSA) is 123 Å². The minimum Gasteiger partial charge on any atom is -0.460 e. The molecule has 0 aliphatic carbocycles. The van der Waals surface area contributed by atoms with Crippen LogP contribution in [0.15, 0.2) is 42.5 Å². The number of ether oxygens (including phenoxy) is 2. The van der Waals surface area contributed by atoms with E-state index in [1.807, 2.05) is 12.1 Å². The fraction of sp³-hybridized carbons (Fsp3) is 0.364. The van der Waals surface area contributed by atoms with Gasteiger partial charge in [-0.2, -0.15) is 0 Å². The molecule has 3 rings (SSSR count). The highest BCUT2D eigenvalue weighted by molar-refractivity contribution is 5.92. The van der Waals surface area contributed by atoms with Gasteiger partial charge in [0.1, 0.15) is 6.61 Å². The number of nitrogens with two attached hydrogens (primary N) is 2. The lowest BCUT2D eigenvalue weighted by molar-refractivity contribution is -0.119. The van der Waals surface area contributed by atoms with E-state index in [9.17, 15) is 9.59 Å². The number of nitrogen functional groups attached to an aromatic ring is 1. The van der Waals surface area contributed by atoms with Gasteiger partial charge in [-0.3, -0.25) is 9.69 Å². The molecule has 5 N–H and O–H groups in total. The first-order valence-corrected chi connectivity index (χ1v) is 10.1. The molecular weight excluding hydrogens is 398 g/mol. The van der Waals surface area contributed by atoms with E-state index in [1.165, 1.54) is 0 Å². The Balaban J connectivity index is 1.62. The third-order valence-corrected chi connectivity index (χ3v) is 5.05. The molecule has 9 heteroatoms. The van der Waals surface area contributed by atoms with Crippen molar-refractivity contribution >= 4 is 34.6 Å². The molecule has 0 aromatic heterocycles. The Kier molecular flexibility index (Phi) is 7.69. The van der Waals surface area contributed by atoms with Gasteiger partial charge in [0.25, 0.3) is 0 Å². The van der Waals surface area contributed by atoms with Crippen molar-refractivity contribution < 1.29 is 19.1 Å². The maximum Gasteiger partial charge on any atom is 0.338 e. The number of carbonyl (C=O) groups excluding carboxylic acids is 2. The molecule has 1 aliphatic rings. The van der Waals surface area contributed by atoms with Gasteiger partial charge in [-0.15, -0.1) is 0 Å². The van der Waals surface area contributed by atoms with Crippen LogP contribution in [0.2, 0.25) is 0 Å². The van der Waals surface area contributed by atoms with Crippen molar-refractivity contribution in [2.24, 2.45) is 5.73 Å². The number of nitrogens with zero attached hydrogens (tertiary/aromatic N) is 2. The Hall–Kier alpha value is -3.30. The lowest BCUT2D eigenvalue weighted by Gasteiger charge is -2.35. The van der Waals surface area contributed by atoms with Crippen molar-refractivity contribution in [3.63, 3.8) is 0 Å². The quantitative estimate of drug-likeness (QED) is 0.312. The van der Waals surface area contributed by atoms with Crippen molar-refractivity contribution in [1.29, 1.82) is 0 Å². The summed E-state index contributed by atoms with van der Waals surface area (Å²) in [4.78, 5) is 27.5. The molecule has 1 heterocycles. The zero-order chi connectivity index (χ0) is 22.2. The van der Waals surface area contributed by atoms with E-state index in [2.05, 4.69) is 27.2 Å². The summed E-state index contributed by atoms with van der Waals surface area (Å²) >= 11 is 0. The van der Waals surface area contributed by atoms with Gasteiger partial charge < -0.3 is 31.2 Å². The highest BCUT2D eigenvalue weighted by atomic mass is 16.6. The summed E-state index contributed by atoms with van der Waals surface area (Å²) in [6.45, 7) is 4.04. The molecule has 0 unspecified atom stereocenters. The number of rotatable bonds is 9. The Bertz CT molecular complexity index is 913. The number of esters is 1. The van der Waals surface area contributed by atoms with E-state index >= 15 is 0 Å². The third-order valence-electron chi connectivity index (χ3n) is 5.05. The van der Waals surface area contributed by atoms with Crippen LogP contribution in [0.3, 0.4) is 0 Å². The summed E-state index contributed by atoms with van der Waals surface area (Å²) in [5.41, 5.74) is 15.0. The fourth-order valence-corrected chi connectivity index (χ4v) is 3.43. The Labute approximate surface area is 181 Å². The maximum absolute atomic E-state index is 12.1. The number of hydrogen-bond acceptors (Lipinski definition) is 8. The van der Waals surface area contributed by atoms with Crippen LogP contribution in [0.4, 0.5) is 22.7 Å². The maximum atomic E-state index is 12.1. The minimum atomic E-state index is -0.437. The molecule has 0 bridgehead atoms. The van der Waals surface area contributed by atoms with Crippen LogP contribution >= 0.6 is 0 Å². The first-order valence-electron chi connectivity index (χ1n) is 10.1. The van der Waals surface area contributed by atoms with Crippen LogP contribution in [0.1, 0.15) is 10.4 Å². The normalized spacial score (nSPS) is 14.3. The molecule has 0 spiro atoms. The lowest BCUT2D eigenvalue weighted by atomic mass is 10.1. The lowest BCUT2D eigenvalue weighted by Crippen LogP contribution is -2.48. The first kappa shape index (κ1) is 22.4. The highest BCUT2D eigenvalue weighted by Crippen LogP contribution is 2.27. The van der Waals surface area contributed by atoms with Crippen molar-refractivity contribution in [2.75, 3.05) is 69.0 Å². The molecule has 1 fully saturated rings. The molecule has 2 aromatic carbocycles. The number of primary amides is 1. The van der Waals surface area contributed by atoms with Crippen LogP contribution in [-0.2, 0) is 14.3 Å². The largest absolute Gasteiger partial charge is 0.460 e. The Morgan fingerprint density at radius 3 is 2.52 bits per heavy atom. The van der Waals surface area contributed by atoms with Crippen molar-refractivity contribution in [1.82, 2.24) is 4.90 Å². The zero-order valence-corrected chi connectivity index (χ0v) is 17.7. The smallest absolute Gasteiger partial charge is 0.338 e. The predicted octanol–water partition coefficient (Wildman–Crippen LogP) is 1.42. The van der Waals surface area contributed by atoms with E-state index in [4.69, 9.17) is 20.9 Å². The highest BCUT2D eigenvalue weighted by Gasteiger charge is 2.18. The predicted molar refractivity (Wildman–Crippen MR) is 121 cm³/mol. The van der Waals surface area contributed by atoms with Crippen LogP contribution in [0.5, 0.6) is 0 Å². The number of anilines is 4. The molecular formula is C22H29N5O4. The van der Waals surface area contributed by atoms with Crippen molar-refractivity contribution in [2.45, 2.75) is 0 Å². The molecule has 1 aliphatic heterocycles. The zero-order valence-electron chi connectivity index (χ0n) is 17.7. The number of nitrogens with one attached hydrogen (secondary N) is 1. The van der Waals surface area contributed by atoms with Gasteiger partial charge in [-0.25, -0.2) is 4.79 Å². The van der Waals surface area contributed by atoms with E-state index in [1.54, 1.807) is 25.3 Å². The number of benzene rings is 2. The van der Waals surface area contributed by atoms with Crippen LogP contribution in [0, 0.1) is 0 Å². The molecule has 1 saturated heterocycles. The van der Waals surface area contributed by atoms with Gasteiger partial charge >= 0.3 is 5.97 Å². The van der Waals surface area contributed by atoms with Crippen LogP contribution in [-0.4, -0.2) is 69.8 Å². The number of carbonyl (C=O) groups is 2. The first-order chi connectivity index (χ1) is 15.0. The van der Waals surface area contributed by atoms with Gasteiger partial charge in [-0.05, 0) is 36.4 Å². The average Bonchev–Trinajstić information content (AvgIpc) is 2.75. The van der Waals surface area contributed by atoms with Crippen LogP contribution < -0.4 is 21.7 Å². The number of piperazine rings is 1. The summed E-state index contributed by atoms with van der Waals surface area (Å²) in [7, 11) is 1.55. The molecule has 0 atom stereocenters. The minimum absolute atomic E-state index is 0.193. The van der Waals surface area contributed by atoms with E-state index in [0.29, 0.717) is 30.1 Å². The number of hydrogen-bond donors (Lipinski definition) is 3. The van der Waals surface area contributed by atoms with Gasteiger partial charge in [0.15, 0.2) is 0 Å². The Morgan fingerprint density at radius 1 is 1.06 bits per heavy atom. The molecule has 1 amide bonds. The summed E-state index contributed by atoms with van der Waals surface area (Å²) in [6.07, 6.45) is 0. The van der Waals surface area contributed by atoms with Gasteiger partial charge in [-0.1, -0.05) is 6.07 Å². The van der Waals surface area contributed by atoms with Crippen molar-refractivity contribution in [3.05, 3.63) is 48.0 Å². The number of amides is 1. The summed E-state index contributed by atoms with van der Waals surface area (Å²) in [5.74, 6) is -0.737. The molecule has 9 nitrogen and oxygen atoms in total. The van der Waals surface area contributed by atoms with E-state index in [-0.39, 0.29) is 12.5 Å². The molecule has 0 saturated carbocycles. The number of methoxy groups -OCH3 is 1. The Morgan fingerprint density at radius 2 is 1.84 bits per heavy atom. The molecule has 166 valence electrons. The van der Waals surface area contributed by atoms with E-state index in [0.717, 1.165) is 37.6 Å². The monoisotopic (exact) mass is 427 g/mol. The fourth-order valence-electron chi connectivity index (χ4n) is 3.43. The summed E-state index contributed by atoms with van der Waals surface area (Å²) in [6, 6.07) is 13.1. The second-order valence-corrected chi connectivity index (χ2v) is 7.34. The average molecular weight is 428 g/mol. The SMILES string of the molecule is COCCOC(=O)c1ccc(Nc2cccc(N3CCN(CC(N)=O)CC3)c2)c(N)c1. The second kappa shape index (κ2) is 10.6. The second-order valence-electron chi connectivity index (χ2n) is 7.34. The van der Waals surface area contributed by atoms with E-state index < -0.39 is 5.97 Å². The third kappa shape index (κ3) is 6.34. The molecule has 0 radical (unpaired) electrons. The standard InChI is InChI=1S/C22H29N5O4/c1-30-11-12-31-22(29)16-5-6-20(19(23)13-16)25-17-3-2-4-18(14-17)27-9-7-26(8-10-27)15-21(24)28/h2-6,13-14,25H,7-12,15,23H2,1H3,(H2,24,28). The van der Waals surface area contributed by atoms with Gasteiger partial charge in [0.2, 0.25) is 5.91 Å². The molecule has 2 aromatic rings. The summed E-state index contributed by atoms with van der Waals surface area (Å²) < 4.78 is 9.99. The molecule has 31 heavy (non-hydrogen) atoms. The van der Waals surface area contributed by atoms with Crippen LogP contribution in [0.25, 0.3) is 0 Å². The van der Waals surface area contributed by atoms with Gasteiger partial charge in [0, 0.05) is 44.7 Å². The van der Waals surface area contributed by atoms with Crippen molar-refractivity contribution in [3.8, 4) is 0 Å².